The van der Waals surface area contributed by atoms with Crippen molar-refractivity contribution in [2.75, 3.05) is 0 Å². The molecule has 0 radical (unpaired) electrons. The molecule has 0 bridgehead atoms. The van der Waals surface area contributed by atoms with E-state index in [0.717, 1.165) is 19.9 Å². The van der Waals surface area contributed by atoms with E-state index in [1.165, 1.54) is 0 Å². The summed E-state index contributed by atoms with van der Waals surface area (Å²) in [6.07, 6.45) is 1.77. The smallest absolute Gasteiger partial charge is 0.244 e. The molecule has 0 saturated carbocycles. The van der Waals surface area contributed by atoms with E-state index >= 15 is 0 Å². The monoisotopic (exact) mass is 353 g/mol. The predicted molar refractivity (Wildman–Crippen MR) is 84.4 cm³/mol. The van der Waals surface area contributed by atoms with Crippen molar-refractivity contribution in [3.63, 3.8) is 0 Å². The molecule has 1 atom stereocenters. The Labute approximate surface area is 130 Å². The molecule has 1 aromatic heterocycles. The van der Waals surface area contributed by atoms with Gasteiger partial charge in [0.1, 0.15) is 5.54 Å². The minimum atomic E-state index is -1.06. The standard InChI is InChI=1S/C14H16BrN3OS/c1-9-17-7-12(20-9)8-18-13(19)14(2,16)10-3-5-11(15)6-4-10/h3-7H,8,16H2,1-2H3,(H,18,19). The molecule has 0 aliphatic heterocycles. The summed E-state index contributed by atoms with van der Waals surface area (Å²) in [4.78, 5) is 17.4. The summed E-state index contributed by atoms with van der Waals surface area (Å²) in [7, 11) is 0. The van der Waals surface area contributed by atoms with Crippen LogP contribution in [0.25, 0.3) is 0 Å². The molecule has 0 spiro atoms. The molecule has 106 valence electrons. The lowest BCUT2D eigenvalue weighted by molar-refractivity contribution is -0.126. The Morgan fingerprint density at radius 1 is 1.45 bits per heavy atom. The number of benzene rings is 1. The van der Waals surface area contributed by atoms with Gasteiger partial charge in [-0.1, -0.05) is 28.1 Å². The first-order valence-electron chi connectivity index (χ1n) is 6.14. The minimum Gasteiger partial charge on any atom is -0.349 e. The van der Waals surface area contributed by atoms with Crippen LogP contribution in [-0.4, -0.2) is 10.9 Å². The highest BCUT2D eigenvalue weighted by Gasteiger charge is 2.30. The lowest BCUT2D eigenvalue weighted by Gasteiger charge is -2.24. The Morgan fingerprint density at radius 3 is 2.65 bits per heavy atom. The average molecular weight is 354 g/mol. The fourth-order valence-corrected chi connectivity index (χ4v) is 2.76. The summed E-state index contributed by atoms with van der Waals surface area (Å²) in [6.45, 7) is 4.10. The van der Waals surface area contributed by atoms with Crippen LogP contribution in [0.15, 0.2) is 34.9 Å². The van der Waals surface area contributed by atoms with Crippen LogP contribution in [0, 0.1) is 6.92 Å². The van der Waals surface area contributed by atoms with Crippen molar-refractivity contribution in [2.24, 2.45) is 5.73 Å². The minimum absolute atomic E-state index is 0.203. The first kappa shape index (κ1) is 15.2. The van der Waals surface area contributed by atoms with E-state index in [1.54, 1.807) is 24.5 Å². The van der Waals surface area contributed by atoms with Gasteiger partial charge in [0.25, 0.3) is 0 Å². The highest BCUT2D eigenvalue weighted by atomic mass is 79.9. The molecular weight excluding hydrogens is 338 g/mol. The van der Waals surface area contributed by atoms with Gasteiger partial charge in [0.2, 0.25) is 5.91 Å². The van der Waals surface area contributed by atoms with Gasteiger partial charge in [0.05, 0.1) is 11.6 Å². The van der Waals surface area contributed by atoms with Crippen LogP contribution in [0.5, 0.6) is 0 Å². The zero-order chi connectivity index (χ0) is 14.8. The van der Waals surface area contributed by atoms with Crippen LogP contribution in [0.2, 0.25) is 0 Å². The molecule has 0 fully saturated rings. The third-order valence-corrected chi connectivity index (χ3v) is 4.45. The number of hydrogen-bond donors (Lipinski definition) is 2. The van der Waals surface area contributed by atoms with Crippen molar-refractivity contribution in [3.05, 3.63) is 50.4 Å². The van der Waals surface area contributed by atoms with Gasteiger partial charge < -0.3 is 11.1 Å². The van der Waals surface area contributed by atoms with Crippen molar-refractivity contribution in [1.82, 2.24) is 10.3 Å². The third-order valence-electron chi connectivity index (χ3n) is 3.01. The normalized spacial score (nSPS) is 13.8. The topological polar surface area (TPSA) is 68.0 Å². The average Bonchev–Trinajstić information content (AvgIpc) is 2.82. The highest BCUT2D eigenvalue weighted by molar-refractivity contribution is 9.10. The fourth-order valence-electron chi connectivity index (χ4n) is 1.77. The molecule has 2 aromatic rings. The molecule has 0 aliphatic rings. The van der Waals surface area contributed by atoms with Gasteiger partial charge in [0, 0.05) is 15.5 Å². The first-order chi connectivity index (χ1) is 9.39. The molecule has 0 aliphatic carbocycles. The van der Waals surface area contributed by atoms with Gasteiger partial charge in [-0.3, -0.25) is 4.79 Å². The molecular formula is C14H16BrN3OS. The van der Waals surface area contributed by atoms with Gasteiger partial charge in [-0.2, -0.15) is 0 Å². The van der Waals surface area contributed by atoms with Crippen LogP contribution < -0.4 is 11.1 Å². The Bertz CT molecular complexity index is 607. The van der Waals surface area contributed by atoms with Crippen LogP contribution >= 0.6 is 27.3 Å². The van der Waals surface area contributed by atoms with Crippen LogP contribution in [0.4, 0.5) is 0 Å². The number of nitrogens with zero attached hydrogens (tertiary/aromatic N) is 1. The number of amides is 1. The van der Waals surface area contributed by atoms with Gasteiger partial charge >= 0.3 is 0 Å². The van der Waals surface area contributed by atoms with E-state index in [0.29, 0.717) is 6.54 Å². The number of thiazole rings is 1. The van der Waals surface area contributed by atoms with Crippen LogP contribution in [-0.2, 0) is 16.9 Å². The van der Waals surface area contributed by atoms with Crippen molar-refractivity contribution in [3.8, 4) is 0 Å². The molecule has 1 unspecified atom stereocenters. The lowest BCUT2D eigenvalue weighted by Crippen LogP contribution is -2.48. The number of carbonyl (C=O) groups excluding carboxylic acids is 1. The Morgan fingerprint density at radius 2 is 2.10 bits per heavy atom. The Balaban J connectivity index is 2.05. The number of halogens is 1. The van der Waals surface area contributed by atoms with E-state index in [9.17, 15) is 4.79 Å². The number of nitrogens with one attached hydrogen (secondary N) is 1. The third kappa shape index (κ3) is 3.45. The zero-order valence-electron chi connectivity index (χ0n) is 11.3. The molecule has 0 saturated heterocycles. The fraction of sp³-hybridized carbons (Fsp3) is 0.286. The van der Waals surface area contributed by atoms with E-state index < -0.39 is 5.54 Å². The maximum Gasteiger partial charge on any atom is 0.244 e. The maximum atomic E-state index is 12.3. The summed E-state index contributed by atoms with van der Waals surface area (Å²) in [5, 5.41) is 3.84. The molecule has 1 heterocycles. The van der Waals surface area contributed by atoms with Crippen LogP contribution in [0.1, 0.15) is 22.4 Å². The molecule has 3 N–H and O–H groups in total. The first-order valence-corrected chi connectivity index (χ1v) is 7.75. The van der Waals surface area contributed by atoms with E-state index in [1.807, 2.05) is 31.2 Å². The summed E-state index contributed by atoms with van der Waals surface area (Å²) in [6, 6.07) is 7.45. The molecule has 2 rings (SSSR count). The van der Waals surface area contributed by atoms with E-state index in [-0.39, 0.29) is 5.91 Å². The lowest BCUT2D eigenvalue weighted by atomic mass is 9.92. The van der Waals surface area contributed by atoms with Gasteiger partial charge in [-0.05, 0) is 31.5 Å². The van der Waals surface area contributed by atoms with Crippen molar-refractivity contribution >= 4 is 33.2 Å². The number of carbonyl (C=O) groups is 1. The van der Waals surface area contributed by atoms with Gasteiger partial charge in [0.15, 0.2) is 0 Å². The van der Waals surface area contributed by atoms with E-state index in [4.69, 9.17) is 5.73 Å². The second kappa shape index (κ2) is 6.03. The van der Waals surface area contributed by atoms with Gasteiger partial charge in [-0.25, -0.2) is 4.98 Å². The molecule has 6 heteroatoms. The molecule has 1 amide bonds. The SMILES string of the molecule is Cc1ncc(CNC(=O)C(C)(N)c2ccc(Br)cc2)s1. The number of hydrogen-bond acceptors (Lipinski definition) is 4. The second-order valence-corrected chi connectivity index (χ2v) is 6.97. The number of aromatic nitrogens is 1. The highest BCUT2D eigenvalue weighted by Crippen LogP contribution is 2.21. The Hall–Kier alpha value is -1.24. The molecule has 1 aromatic carbocycles. The number of nitrogens with two attached hydrogens (primary N) is 1. The quantitative estimate of drug-likeness (QED) is 0.887. The van der Waals surface area contributed by atoms with Gasteiger partial charge in [-0.15, -0.1) is 11.3 Å². The zero-order valence-corrected chi connectivity index (χ0v) is 13.7. The predicted octanol–water partition coefficient (Wildman–Crippen LogP) is 2.70. The largest absolute Gasteiger partial charge is 0.349 e. The second-order valence-electron chi connectivity index (χ2n) is 4.74. The summed E-state index contributed by atoms with van der Waals surface area (Å²) < 4.78 is 0.956. The summed E-state index contributed by atoms with van der Waals surface area (Å²) in [5.74, 6) is -0.203. The van der Waals surface area contributed by atoms with Crippen molar-refractivity contribution in [1.29, 1.82) is 0 Å². The van der Waals surface area contributed by atoms with Crippen LogP contribution in [0.3, 0.4) is 0 Å². The number of aryl methyl sites for hydroxylation is 1. The maximum absolute atomic E-state index is 12.3. The summed E-state index contributed by atoms with van der Waals surface area (Å²) in [5.41, 5.74) is 5.88. The van der Waals surface area contributed by atoms with E-state index in [2.05, 4.69) is 26.2 Å². The summed E-state index contributed by atoms with van der Waals surface area (Å²) >= 11 is 4.93. The number of rotatable bonds is 4. The molecule has 20 heavy (non-hydrogen) atoms. The van der Waals surface area contributed by atoms with Crippen molar-refractivity contribution in [2.45, 2.75) is 25.9 Å². The molecule has 4 nitrogen and oxygen atoms in total. The Kier molecular flexibility index (Phi) is 4.57. The van der Waals surface area contributed by atoms with Crippen molar-refractivity contribution < 1.29 is 4.79 Å².